The molecule has 1 heterocycles. The molecule has 0 radical (unpaired) electrons. The number of aliphatic carboxylic acids is 1. The van der Waals surface area contributed by atoms with Crippen molar-refractivity contribution >= 4 is 5.97 Å². The Morgan fingerprint density at radius 1 is 1.35 bits per heavy atom. The van der Waals surface area contributed by atoms with Crippen molar-refractivity contribution in [2.45, 2.75) is 39.7 Å². The van der Waals surface area contributed by atoms with E-state index < -0.39 is 5.97 Å². The Kier molecular flexibility index (Phi) is 5.88. The molecule has 0 bridgehead atoms. The van der Waals surface area contributed by atoms with Gasteiger partial charge in [-0.3, -0.25) is 9.36 Å². The van der Waals surface area contributed by atoms with Gasteiger partial charge in [-0.05, 0) is 52.9 Å². The highest BCUT2D eigenvalue weighted by molar-refractivity contribution is 5.67. The smallest absolute Gasteiger partial charge is 0.347 e. The monoisotopic (exact) mass is 281 g/mol. The summed E-state index contributed by atoms with van der Waals surface area (Å²) < 4.78 is 1.65. The molecule has 0 aliphatic heterocycles. The van der Waals surface area contributed by atoms with Crippen molar-refractivity contribution in [3.8, 4) is 0 Å². The topological polar surface area (TPSA) is 75.4 Å². The Balaban J connectivity index is 2.96. The molecule has 0 spiro atoms. The molecular formula is C14H23N3O3. The van der Waals surface area contributed by atoms with Crippen molar-refractivity contribution in [3.05, 3.63) is 27.4 Å². The summed E-state index contributed by atoms with van der Waals surface area (Å²) in [6, 6.07) is 0. The molecule has 0 amide bonds. The highest BCUT2D eigenvalue weighted by Crippen LogP contribution is 2.12. The Labute approximate surface area is 119 Å². The number of nitrogens with zero attached hydrogens (tertiary/aromatic N) is 3. The van der Waals surface area contributed by atoms with Gasteiger partial charge in [-0.1, -0.05) is 0 Å². The Morgan fingerprint density at radius 3 is 2.55 bits per heavy atom. The van der Waals surface area contributed by atoms with Gasteiger partial charge in [0.05, 0.1) is 0 Å². The lowest BCUT2D eigenvalue weighted by atomic mass is 10.1. The molecule has 0 aliphatic rings. The summed E-state index contributed by atoms with van der Waals surface area (Å²) in [7, 11) is 3.97. The van der Waals surface area contributed by atoms with E-state index in [4.69, 9.17) is 5.11 Å². The minimum absolute atomic E-state index is 0.0548. The highest BCUT2D eigenvalue weighted by Gasteiger charge is 2.12. The lowest BCUT2D eigenvalue weighted by Gasteiger charge is -2.16. The summed E-state index contributed by atoms with van der Waals surface area (Å²) in [5, 5.41) is 8.79. The van der Waals surface area contributed by atoms with Crippen molar-refractivity contribution in [2.75, 3.05) is 20.6 Å². The first kappa shape index (κ1) is 16.4. The maximum Gasteiger partial charge on any atom is 0.347 e. The number of carbonyl (C=O) groups is 1. The van der Waals surface area contributed by atoms with E-state index in [0.29, 0.717) is 18.7 Å². The van der Waals surface area contributed by atoms with E-state index >= 15 is 0 Å². The third kappa shape index (κ3) is 4.45. The third-order valence-electron chi connectivity index (χ3n) is 3.35. The highest BCUT2D eigenvalue weighted by atomic mass is 16.4. The molecule has 1 rings (SSSR count). The fourth-order valence-corrected chi connectivity index (χ4v) is 2.24. The molecule has 1 aromatic rings. The zero-order chi connectivity index (χ0) is 15.3. The van der Waals surface area contributed by atoms with Gasteiger partial charge in [0.25, 0.3) is 0 Å². The molecule has 0 fully saturated rings. The Hall–Kier alpha value is -1.69. The van der Waals surface area contributed by atoms with Gasteiger partial charge < -0.3 is 10.0 Å². The molecule has 0 aliphatic carbocycles. The molecule has 0 unspecified atom stereocenters. The minimum atomic E-state index is -0.839. The summed E-state index contributed by atoms with van der Waals surface area (Å²) in [4.78, 5) is 28.7. The molecule has 0 atom stereocenters. The van der Waals surface area contributed by atoms with Crippen LogP contribution in [0.15, 0.2) is 4.79 Å². The summed E-state index contributed by atoms with van der Waals surface area (Å²) in [6.45, 7) is 5.12. The van der Waals surface area contributed by atoms with Crippen molar-refractivity contribution in [1.29, 1.82) is 0 Å². The second kappa shape index (κ2) is 7.19. The average Bonchev–Trinajstić information content (AvgIpc) is 2.32. The number of aromatic nitrogens is 2. The van der Waals surface area contributed by atoms with E-state index in [2.05, 4.69) is 9.88 Å². The second-order valence-electron chi connectivity index (χ2n) is 5.25. The van der Waals surface area contributed by atoms with Gasteiger partial charge in [0.15, 0.2) is 0 Å². The van der Waals surface area contributed by atoms with Crippen LogP contribution < -0.4 is 5.69 Å². The van der Waals surface area contributed by atoms with Crippen molar-refractivity contribution in [2.24, 2.45) is 0 Å². The SMILES string of the molecule is Cc1nc(=O)n(CCCN(C)C)c(C)c1CCC(=O)O. The quantitative estimate of drug-likeness (QED) is 0.801. The van der Waals surface area contributed by atoms with Gasteiger partial charge >= 0.3 is 11.7 Å². The summed E-state index contributed by atoms with van der Waals surface area (Å²) in [5.74, 6) is -0.839. The number of rotatable bonds is 7. The Morgan fingerprint density at radius 2 is 2.00 bits per heavy atom. The summed E-state index contributed by atoms with van der Waals surface area (Å²) in [5.41, 5.74) is 2.09. The number of carboxylic acid groups (broad SMARTS) is 1. The lowest BCUT2D eigenvalue weighted by Crippen LogP contribution is -2.29. The third-order valence-corrected chi connectivity index (χ3v) is 3.35. The summed E-state index contributed by atoms with van der Waals surface area (Å²) in [6.07, 6.45) is 1.32. The molecule has 1 aromatic heterocycles. The zero-order valence-electron chi connectivity index (χ0n) is 12.6. The maximum atomic E-state index is 11.9. The number of aryl methyl sites for hydroxylation is 1. The van der Waals surface area contributed by atoms with Crippen LogP contribution in [0.5, 0.6) is 0 Å². The minimum Gasteiger partial charge on any atom is -0.481 e. The molecule has 20 heavy (non-hydrogen) atoms. The van der Waals surface area contributed by atoms with E-state index in [1.54, 1.807) is 11.5 Å². The van der Waals surface area contributed by atoms with Crippen LogP contribution in [-0.4, -0.2) is 46.2 Å². The van der Waals surface area contributed by atoms with Crippen LogP contribution in [0.1, 0.15) is 29.8 Å². The van der Waals surface area contributed by atoms with Crippen LogP contribution in [0.25, 0.3) is 0 Å². The van der Waals surface area contributed by atoms with Crippen LogP contribution in [0, 0.1) is 13.8 Å². The van der Waals surface area contributed by atoms with Crippen molar-refractivity contribution in [3.63, 3.8) is 0 Å². The van der Waals surface area contributed by atoms with Gasteiger partial charge in [0.2, 0.25) is 0 Å². The standard InChI is InChI=1S/C14H23N3O3/c1-10-12(6-7-13(18)19)11(2)17(14(20)15-10)9-5-8-16(3)4/h5-9H2,1-4H3,(H,18,19). The summed E-state index contributed by atoms with van der Waals surface area (Å²) >= 11 is 0. The predicted octanol–water partition coefficient (Wildman–Crippen LogP) is 0.829. The molecule has 6 nitrogen and oxygen atoms in total. The van der Waals surface area contributed by atoms with Gasteiger partial charge in [-0.15, -0.1) is 0 Å². The van der Waals surface area contributed by atoms with Gasteiger partial charge in [-0.25, -0.2) is 4.79 Å². The van der Waals surface area contributed by atoms with E-state index in [-0.39, 0.29) is 12.1 Å². The van der Waals surface area contributed by atoms with Crippen LogP contribution in [0.3, 0.4) is 0 Å². The molecule has 0 aromatic carbocycles. The van der Waals surface area contributed by atoms with Crippen LogP contribution in [0.4, 0.5) is 0 Å². The molecule has 112 valence electrons. The molecule has 6 heteroatoms. The number of hydrogen-bond donors (Lipinski definition) is 1. The first-order valence-corrected chi connectivity index (χ1v) is 6.76. The first-order chi connectivity index (χ1) is 9.32. The van der Waals surface area contributed by atoms with Gasteiger partial charge in [0.1, 0.15) is 0 Å². The second-order valence-corrected chi connectivity index (χ2v) is 5.25. The van der Waals surface area contributed by atoms with E-state index in [9.17, 15) is 9.59 Å². The van der Waals surface area contributed by atoms with Crippen molar-refractivity contribution in [1.82, 2.24) is 14.5 Å². The Bertz CT molecular complexity index is 535. The largest absolute Gasteiger partial charge is 0.481 e. The zero-order valence-corrected chi connectivity index (χ0v) is 12.6. The fraction of sp³-hybridized carbons (Fsp3) is 0.643. The molecule has 0 saturated heterocycles. The normalized spacial score (nSPS) is 11.1. The number of carboxylic acids is 1. The predicted molar refractivity (Wildman–Crippen MR) is 77.1 cm³/mol. The van der Waals surface area contributed by atoms with Crippen LogP contribution in [-0.2, 0) is 17.8 Å². The van der Waals surface area contributed by atoms with Gasteiger partial charge in [0, 0.05) is 24.4 Å². The molecule has 0 saturated carbocycles. The van der Waals surface area contributed by atoms with E-state index in [1.165, 1.54) is 0 Å². The van der Waals surface area contributed by atoms with Gasteiger partial charge in [-0.2, -0.15) is 4.98 Å². The van der Waals surface area contributed by atoms with Crippen LogP contribution in [0.2, 0.25) is 0 Å². The average molecular weight is 281 g/mol. The van der Waals surface area contributed by atoms with E-state index in [0.717, 1.165) is 24.2 Å². The van der Waals surface area contributed by atoms with E-state index in [1.807, 2.05) is 21.0 Å². The van der Waals surface area contributed by atoms with Crippen molar-refractivity contribution < 1.29 is 9.90 Å². The molecular weight excluding hydrogens is 258 g/mol. The fourth-order valence-electron chi connectivity index (χ4n) is 2.24. The van der Waals surface area contributed by atoms with Crippen LogP contribution >= 0.6 is 0 Å². The maximum absolute atomic E-state index is 11.9. The lowest BCUT2D eigenvalue weighted by molar-refractivity contribution is -0.136. The molecule has 1 N–H and O–H groups in total. The number of hydrogen-bond acceptors (Lipinski definition) is 4. The first-order valence-electron chi connectivity index (χ1n) is 6.76.